The Balaban J connectivity index is 1.66. The van der Waals surface area contributed by atoms with E-state index in [0.717, 1.165) is 19.3 Å². The van der Waals surface area contributed by atoms with Crippen LogP contribution in [0, 0.1) is 0 Å². The number of Topliss-reactive ketones (excluding diaryl/α,β-unsaturated/α-hetero) is 2. The summed E-state index contributed by atoms with van der Waals surface area (Å²) in [6, 6.07) is 0.0601. The fourth-order valence-corrected chi connectivity index (χ4v) is 2.75. The molecular weight excluding hydrogens is 260 g/mol. The van der Waals surface area contributed by atoms with Gasteiger partial charge in [0, 0.05) is 12.6 Å². The van der Waals surface area contributed by atoms with Gasteiger partial charge in [-0.2, -0.15) is 0 Å². The van der Waals surface area contributed by atoms with Crippen LogP contribution in [-0.4, -0.2) is 58.9 Å². The van der Waals surface area contributed by atoms with Gasteiger partial charge in [-0.1, -0.05) is 0 Å². The molecule has 2 aliphatic heterocycles. The first kappa shape index (κ1) is 14.7. The van der Waals surface area contributed by atoms with Crippen molar-refractivity contribution in [2.24, 2.45) is 0 Å². The molecule has 6 nitrogen and oxygen atoms in total. The largest absolute Gasteiger partial charge is 0.335 e. The number of hydrogen-bond donors (Lipinski definition) is 0. The third kappa shape index (κ3) is 3.43. The molecule has 1 unspecified atom stereocenters. The van der Waals surface area contributed by atoms with E-state index in [1.54, 1.807) is 9.80 Å². The van der Waals surface area contributed by atoms with E-state index in [-0.39, 0.29) is 55.4 Å². The van der Waals surface area contributed by atoms with Gasteiger partial charge in [0.1, 0.15) is 0 Å². The Morgan fingerprint density at radius 3 is 2.15 bits per heavy atom. The highest BCUT2D eigenvalue weighted by Crippen LogP contribution is 2.16. The predicted octanol–water partition coefficient (Wildman–Crippen LogP) is 0.148. The Morgan fingerprint density at radius 1 is 0.950 bits per heavy atom. The highest BCUT2D eigenvalue weighted by molar-refractivity contribution is 6.05. The first-order valence-electron chi connectivity index (χ1n) is 7.08. The van der Waals surface area contributed by atoms with Crippen molar-refractivity contribution in [3.8, 4) is 0 Å². The molecule has 2 aliphatic rings. The number of hydrogen-bond acceptors (Lipinski definition) is 4. The van der Waals surface area contributed by atoms with Gasteiger partial charge < -0.3 is 9.80 Å². The van der Waals surface area contributed by atoms with Crippen molar-refractivity contribution in [3.05, 3.63) is 0 Å². The van der Waals surface area contributed by atoms with Crippen molar-refractivity contribution in [3.63, 3.8) is 0 Å². The summed E-state index contributed by atoms with van der Waals surface area (Å²) >= 11 is 0. The topological polar surface area (TPSA) is 74.8 Å². The minimum absolute atomic E-state index is 0.00968. The van der Waals surface area contributed by atoms with Crippen molar-refractivity contribution < 1.29 is 19.2 Å². The van der Waals surface area contributed by atoms with Crippen molar-refractivity contribution in [1.82, 2.24) is 9.80 Å². The SMILES string of the molecule is CC(CCCCN1CC(=O)CC1=O)N1CC(=O)CC1=O. The molecule has 2 fully saturated rings. The zero-order valence-electron chi connectivity index (χ0n) is 11.8. The lowest BCUT2D eigenvalue weighted by Gasteiger charge is -2.23. The Morgan fingerprint density at radius 2 is 1.60 bits per heavy atom. The van der Waals surface area contributed by atoms with Crippen molar-refractivity contribution in [2.45, 2.75) is 45.1 Å². The van der Waals surface area contributed by atoms with E-state index in [9.17, 15) is 19.2 Å². The number of rotatable bonds is 6. The average molecular weight is 280 g/mol. The van der Waals surface area contributed by atoms with E-state index in [0.29, 0.717) is 6.54 Å². The molecule has 0 aromatic heterocycles. The summed E-state index contributed by atoms with van der Waals surface area (Å²) in [5, 5.41) is 0. The summed E-state index contributed by atoms with van der Waals surface area (Å²) in [5.74, 6) is -0.182. The molecule has 0 saturated carbocycles. The Bertz CT molecular complexity index is 446. The van der Waals surface area contributed by atoms with E-state index in [1.165, 1.54) is 0 Å². The Hall–Kier alpha value is -1.72. The second-order valence-electron chi connectivity index (χ2n) is 5.61. The van der Waals surface area contributed by atoms with Crippen LogP contribution in [0.4, 0.5) is 0 Å². The van der Waals surface area contributed by atoms with E-state index in [1.807, 2.05) is 6.92 Å². The van der Waals surface area contributed by atoms with Crippen LogP contribution in [0.15, 0.2) is 0 Å². The molecule has 0 aliphatic carbocycles. The second kappa shape index (κ2) is 6.15. The normalized spacial score (nSPS) is 21.2. The van der Waals surface area contributed by atoms with Crippen LogP contribution in [-0.2, 0) is 19.2 Å². The van der Waals surface area contributed by atoms with Crippen molar-refractivity contribution in [1.29, 1.82) is 0 Å². The van der Waals surface area contributed by atoms with Gasteiger partial charge in [0.15, 0.2) is 11.6 Å². The summed E-state index contributed by atoms with van der Waals surface area (Å²) in [6.45, 7) is 3.03. The average Bonchev–Trinajstić information content (AvgIpc) is 2.87. The maximum absolute atomic E-state index is 11.6. The third-order valence-corrected chi connectivity index (χ3v) is 3.92. The number of likely N-dealkylation sites (tertiary alicyclic amines) is 2. The Kier molecular flexibility index (Phi) is 4.52. The minimum atomic E-state index is -0.0807. The van der Waals surface area contributed by atoms with E-state index in [2.05, 4.69) is 0 Å². The van der Waals surface area contributed by atoms with Gasteiger partial charge in [0.2, 0.25) is 11.8 Å². The molecule has 2 heterocycles. The molecule has 0 aromatic carbocycles. The van der Waals surface area contributed by atoms with E-state index >= 15 is 0 Å². The fourth-order valence-electron chi connectivity index (χ4n) is 2.75. The molecular formula is C14H20N2O4. The van der Waals surface area contributed by atoms with Gasteiger partial charge in [-0.15, -0.1) is 0 Å². The van der Waals surface area contributed by atoms with Crippen LogP contribution in [0.5, 0.6) is 0 Å². The minimum Gasteiger partial charge on any atom is -0.335 e. The lowest BCUT2D eigenvalue weighted by atomic mass is 10.1. The predicted molar refractivity (Wildman–Crippen MR) is 70.9 cm³/mol. The van der Waals surface area contributed by atoms with Crippen LogP contribution in [0.2, 0.25) is 0 Å². The monoisotopic (exact) mass is 280 g/mol. The summed E-state index contributed by atoms with van der Waals surface area (Å²) in [7, 11) is 0. The molecule has 2 rings (SSSR count). The number of unbranched alkanes of at least 4 members (excludes halogenated alkanes) is 1. The maximum atomic E-state index is 11.6. The summed E-state index contributed by atoms with van der Waals surface area (Å²) in [4.78, 5) is 48.5. The van der Waals surface area contributed by atoms with Crippen molar-refractivity contribution in [2.75, 3.05) is 19.6 Å². The fraction of sp³-hybridized carbons (Fsp3) is 0.714. The number of carbonyl (C=O) groups is 4. The number of nitrogens with zero attached hydrogens (tertiary/aromatic N) is 2. The molecule has 0 spiro atoms. The molecule has 6 heteroatoms. The number of amides is 2. The molecule has 0 radical (unpaired) electrons. The molecule has 2 saturated heterocycles. The van der Waals surface area contributed by atoms with Crippen LogP contribution in [0.25, 0.3) is 0 Å². The van der Waals surface area contributed by atoms with Gasteiger partial charge in [-0.3, -0.25) is 19.2 Å². The molecule has 20 heavy (non-hydrogen) atoms. The molecule has 2 amide bonds. The summed E-state index contributed by atoms with van der Waals surface area (Å²) in [6.07, 6.45) is 2.58. The highest BCUT2D eigenvalue weighted by atomic mass is 16.2. The standard InChI is InChI=1S/C14H20N2O4/c1-10(16-9-12(18)7-14(16)20)4-2-3-5-15-8-11(17)6-13(15)19/h10H,2-9H2,1H3. The zero-order chi connectivity index (χ0) is 14.7. The summed E-state index contributed by atoms with van der Waals surface area (Å²) < 4.78 is 0. The number of ketones is 2. The van der Waals surface area contributed by atoms with Gasteiger partial charge in [-0.05, 0) is 26.2 Å². The van der Waals surface area contributed by atoms with E-state index < -0.39 is 0 Å². The zero-order valence-corrected chi connectivity index (χ0v) is 11.8. The van der Waals surface area contributed by atoms with Gasteiger partial charge in [-0.25, -0.2) is 0 Å². The van der Waals surface area contributed by atoms with Crippen LogP contribution < -0.4 is 0 Å². The quantitative estimate of drug-likeness (QED) is 0.512. The smallest absolute Gasteiger partial charge is 0.230 e. The lowest BCUT2D eigenvalue weighted by molar-refractivity contribution is -0.129. The maximum Gasteiger partial charge on any atom is 0.230 e. The van der Waals surface area contributed by atoms with Gasteiger partial charge in [0.25, 0.3) is 0 Å². The first-order valence-corrected chi connectivity index (χ1v) is 7.08. The molecule has 110 valence electrons. The van der Waals surface area contributed by atoms with Crippen LogP contribution in [0.1, 0.15) is 39.0 Å². The van der Waals surface area contributed by atoms with Crippen LogP contribution >= 0.6 is 0 Å². The first-order chi connectivity index (χ1) is 9.47. The highest BCUT2D eigenvalue weighted by Gasteiger charge is 2.30. The third-order valence-electron chi connectivity index (χ3n) is 3.92. The Labute approximate surface area is 118 Å². The summed E-state index contributed by atoms with van der Waals surface area (Å²) in [5.41, 5.74) is 0. The van der Waals surface area contributed by atoms with Crippen molar-refractivity contribution >= 4 is 23.4 Å². The molecule has 0 aromatic rings. The second-order valence-corrected chi connectivity index (χ2v) is 5.61. The van der Waals surface area contributed by atoms with Gasteiger partial charge >= 0.3 is 0 Å². The lowest BCUT2D eigenvalue weighted by Crippen LogP contribution is -2.34. The van der Waals surface area contributed by atoms with Gasteiger partial charge in [0.05, 0.1) is 25.9 Å². The number of carbonyl (C=O) groups excluding carboxylic acids is 4. The van der Waals surface area contributed by atoms with E-state index in [4.69, 9.17) is 0 Å². The molecule has 0 N–H and O–H groups in total. The molecule has 0 bridgehead atoms. The molecule has 1 atom stereocenters. The van der Waals surface area contributed by atoms with Crippen LogP contribution in [0.3, 0.4) is 0 Å².